The molecule has 3 aromatic carbocycles. The first-order chi connectivity index (χ1) is 21.7. The zero-order chi connectivity index (χ0) is 30.1. The van der Waals surface area contributed by atoms with Crippen LogP contribution in [0.25, 0.3) is 21.7 Å². The Kier molecular flexibility index (Phi) is 9.88. The number of nitrogens with one attached hydrogen (secondary N) is 1. The predicted molar refractivity (Wildman–Crippen MR) is 182 cm³/mol. The number of nitriles is 1. The predicted octanol–water partition coefficient (Wildman–Crippen LogP) is 9.42. The molecule has 1 aliphatic rings. The largest absolute Gasteiger partial charge is 0.457 e. The molecule has 0 unspecified atom stereocenters. The van der Waals surface area contributed by atoms with Crippen LogP contribution in [0.1, 0.15) is 36.8 Å². The van der Waals surface area contributed by atoms with Gasteiger partial charge in [0.05, 0.1) is 20.3 Å². The van der Waals surface area contributed by atoms with Crippen LogP contribution < -0.4 is 10.1 Å². The van der Waals surface area contributed by atoms with Gasteiger partial charge in [0.1, 0.15) is 17.6 Å². The molecule has 222 valence electrons. The van der Waals surface area contributed by atoms with Gasteiger partial charge in [0.2, 0.25) is 5.95 Å². The first-order valence-corrected chi connectivity index (χ1v) is 17.1. The van der Waals surface area contributed by atoms with Crippen LogP contribution in [0, 0.1) is 11.3 Å². The summed E-state index contributed by atoms with van der Waals surface area (Å²) >= 11 is 3.16. The van der Waals surface area contributed by atoms with E-state index < -0.39 is 0 Å². The van der Waals surface area contributed by atoms with Gasteiger partial charge in [0.15, 0.2) is 0 Å². The van der Waals surface area contributed by atoms with Gasteiger partial charge in [-0.05, 0) is 112 Å². The number of anilines is 2. The van der Waals surface area contributed by atoms with Crippen LogP contribution in [0.4, 0.5) is 11.6 Å². The highest BCUT2D eigenvalue weighted by Crippen LogP contribution is 2.46. The topological polar surface area (TPSA) is 74.1 Å². The summed E-state index contributed by atoms with van der Waals surface area (Å²) in [6.07, 6.45) is 9.95. The molecule has 6 nitrogen and oxygen atoms in total. The van der Waals surface area contributed by atoms with Crippen LogP contribution in [0.5, 0.6) is 11.5 Å². The minimum Gasteiger partial charge on any atom is -0.457 e. The summed E-state index contributed by atoms with van der Waals surface area (Å²) in [5.41, 5.74) is 5.48. The lowest BCUT2D eigenvalue weighted by Crippen LogP contribution is -2.20. The smallest absolute Gasteiger partial charge is 0.227 e. The molecule has 0 saturated carbocycles. The molecule has 0 atom stereocenters. The zero-order valence-corrected chi connectivity index (χ0v) is 26.5. The average Bonchev–Trinajstić information content (AvgIpc) is 3.72. The van der Waals surface area contributed by atoms with Crippen molar-refractivity contribution in [3.05, 3.63) is 102 Å². The molecule has 0 aliphatic carbocycles. The number of hydrogen-bond acceptors (Lipinski definition) is 8. The van der Waals surface area contributed by atoms with Crippen molar-refractivity contribution in [1.29, 1.82) is 5.26 Å². The van der Waals surface area contributed by atoms with Crippen molar-refractivity contribution in [2.45, 2.75) is 36.3 Å². The number of nitrogens with zero attached hydrogens (tertiary/aromatic N) is 4. The minimum atomic E-state index is 0.526. The molecular weight excluding hydrogens is 583 g/mol. The molecule has 1 aliphatic heterocycles. The highest BCUT2D eigenvalue weighted by Gasteiger charge is 2.22. The fourth-order valence-corrected chi connectivity index (χ4v) is 7.51. The first-order valence-electron chi connectivity index (χ1n) is 15.1. The molecule has 0 amide bonds. The first kappa shape index (κ1) is 29.9. The lowest BCUT2D eigenvalue weighted by atomic mass is 10.0. The van der Waals surface area contributed by atoms with E-state index in [4.69, 9.17) is 9.72 Å². The van der Waals surface area contributed by atoms with Crippen molar-refractivity contribution in [3.8, 4) is 39.3 Å². The van der Waals surface area contributed by atoms with E-state index in [-0.39, 0.29) is 0 Å². The zero-order valence-electron chi connectivity index (χ0n) is 24.8. The second kappa shape index (κ2) is 14.5. The van der Waals surface area contributed by atoms with Gasteiger partial charge >= 0.3 is 0 Å². The van der Waals surface area contributed by atoms with Crippen LogP contribution in [0.3, 0.4) is 0 Å². The van der Waals surface area contributed by atoms with Gasteiger partial charge in [0, 0.05) is 17.4 Å². The van der Waals surface area contributed by atoms with Gasteiger partial charge in [-0.2, -0.15) is 5.26 Å². The maximum atomic E-state index is 10.2. The number of ether oxygens (including phenoxy) is 1. The average molecular weight is 618 g/mol. The van der Waals surface area contributed by atoms with Crippen LogP contribution in [0.15, 0.2) is 95.3 Å². The second-order valence-electron chi connectivity index (χ2n) is 10.8. The van der Waals surface area contributed by atoms with E-state index in [0.29, 0.717) is 17.3 Å². The number of para-hydroxylation sites is 1. The summed E-state index contributed by atoms with van der Waals surface area (Å²) in [6, 6.07) is 30.5. The van der Waals surface area contributed by atoms with E-state index in [2.05, 4.69) is 45.5 Å². The molecule has 6 rings (SSSR count). The summed E-state index contributed by atoms with van der Waals surface area (Å²) < 4.78 is 7.08. The van der Waals surface area contributed by atoms with Crippen LogP contribution in [-0.2, 0) is 6.42 Å². The van der Waals surface area contributed by atoms with Crippen molar-refractivity contribution < 1.29 is 4.74 Å². The van der Waals surface area contributed by atoms with Gasteiger partial charge in [-0.25, -0.2) is 9.97 Å². The van der Waals surface area contributed by atoms with Crippen molar-refractivity contribution in [2.24, 2.45) is 0 Å². The quantitative estimate of drug-likeness (QED) is 0.110. The van der Waals surface area contributed by atoms with E-state index in [1.54, 1.807) is 29.3 Å². The maximum Gasteiger partial charge on any atom is 0.227 e. The summed E-state index contributed by atoms with van der Waals surface area (Å²) in [5, 5.41) is 13.6. The molecule has 8 heteroatoms. The van der Waals surface area contributed by atoms with E-state index in [0.717, 1.165) is 43.8 Å². The van der Waals surface area contributed by atoms with E-state index >= 15 is 0 Å². The number of likely N-dealkylation sites (tertiary alicyclic amines) is 1. The Morgan fingerprint density at radius 3 is 2.59 bits per heavy atom. The third kappa shape index (κ3) is 7.31. The van der Waals surface area contributed by atoms with Crippen molar-refractivity contribution in [2.75, 3.05) is 31.2 Å². The third-order valence-electron chi connectivity index (χ3n) is 7.73. The third-order valence-corrected chi connectivity index (χ3v) is 10.1. The molecular formula is C36H35N5OS2. The molecule has 1 fully saturated rings. The van der Waals surface area contributed by atoms with Crippen molar-refractivity contribution >= 4 is 34.7 Å². The van der Waals surface area contributed by atoms with Gasteiger partial charge in [-0.3, -0.25) is 0 Å². The van der Waals surface area contributed by atoms with Gasteiger partial charge < -0.3 is 15.0 Å². The normalized spacial score (nSPS) is 13.1. The van der Waals surface area contributed by atoms with E-state index in [1.807, 2.05) is 66.9 Å². The SMILES string of the molecule is CSc1sc(-c2ccnc(Nc3cccc(CCCCN4CCCC4)c3)n2)c(-c2cccc(Oc3ccccc3)c2)c1C#N. The summed E-state index contributed by atoms with van der Waals surface area (Å²) in [6.45, 7) is 3.73. The fraction of sp³-hybridized carbons (Fsp3) is 0.250. The van der Waals surface area contributed by atoms with E-state index in [9.17, 15) is 5.26 Å². The summed E-state index contributed by atoms with van der Waals surface area (Å²) in [7, 11) is 0. The molecule has 44 heavy (non-hydrogen) atoms. The molecule has 5 aromatic rings. The highest BCUT2D eigenvalue weighted by atomic mass is 32.2. The molecule has 1 saturated heterocycles. The molecule has 2 aromatic heterocycles. The maximum absolute atomic E-state index is 10.2. The van der Waals surface area contributed by atoms with Gasteiger partial charge in [-0.1, -0.05) is 42.5 Å². The minimum absolute atomic E-state index is 0.526. The Morgan fingerprint density at radius 2 is 1.77 bits per heavy atom. The summed E-state index contributed by atoms with van der Waals surface area (Å²) in [5.74, 6) is 2.00. The van der Waals surface area contributed by atoms with Crippen molar-refractivity contribution in [3.63, 3.8) is 0 Å². The molecule has 0 bridgehead atoms. The number of aromatic nitrogens is 2. The number of benzene rings is 3. The molecule has 0 spiro atoms. The number of thiophene rings is 1. The van der Waals surface area contributed by atoms with E-state index in [1.165, 1.54) is 50.9 Å². The number of hydrogen-bond donors (Lipinski definition) is 1. The number of thioether (sulfide) groups is 1. The lowest BCUT2D eigenvalue weighted by molar-refractivity contribution is 0.330. The molecule has 0 radical (unpaired) electrons. The Bertz CT molecular complexity index is 1740. The second-order valence-corrected chi connectivity index (χ2v) is 12.9. The highest BCUT2D eigenvalue weighted by molar-refractivity contribution is 8.00. The van der Waals surface area contributed by atoms with Crippen LogP contribution >= 0.6 is 23.1 Å². The fourth-order valence-electron chi connectivity index (χ4n) is 5.60. The number of rotatable bonds is 12. The van der Waals surface area contributed by atoms with Gasteiger partial charge in [-0.15, -0.1) is 23.1 Å². The number of unbranched alkanes of at least 4 members (excludes halogenated alkanes) is 1. The standard InChI is InChI=1S/C36H35N5OS2/c1-43-35-31(25-37)33(27-13-10-17-30(24-27)42-29-15-3-2-4-16-29)34(44-35)32-18-19-38-36(40-32)39-28-14-9-12-26(23-28)11-5-6-20-41-21-7-8-22-41/h2-4,9-10,12-19,23-24H,5-8,11,20-22H2,1H3,(H,38,39,40). The Labute approximate surface area is 267 Å². The molecule has 3 heterocycles. The molecule has 1 N–H and O–H groups in total. The Hall–Kier alpha value is -4.16. The summed E-state index contributed by atoms with van der Waals surface area (Å²) in [4.78, 5) is 13.0. The van der Waals surface area contributed by atoms with Crippen LogP contribution in [-0.4, -0.2) is 40.8 Å². The van der Waals surface area contributed by atoms with Crippen LogP contribution in [0.2, 0.25) is 0 Å². The van der Waals surface area contributed by atoms with Gasteiger partial charge in [0.25, 0.3) is 0 Å². The lowest BCUT2D eigenvalue weighted by Gasteiger charge is -2.14. The Balaban J connectivity index is 1.23. The Morgan fingerprint density at radius 1 is 0.955 bits per heavy atom. The monoisotopic (exact) mass is 617 g/mol. The number of aryl methyl sites for hydroxylation is 1. The van der Waals surface area contributed by atoms with Crippen molar-refractivity contribution in [1.82, 2.24) is 14.9 Å².